The van der Waals surface area contributed by atoms with Gasteiger partial charge < -0.3 is 5.73 Å². The molecule has 2 aromatic carbocycles. The van der Waals surface area contributed by atoms with Crippen LogP contribution in [0.2, 0.25) is 0 Å². The normalized spacial score (nSPS) is 10.4. The number of carbonyl (C=O) groups is 2. The van der Waals surface area contributed by atoms with E-state index >= 15 is 0 Å². The molecular formula is C15H14N4O3. The second-order valence-electron chi connectivity index (χ2n) is 4.39. The molecule has 0 bridgehead atoms. The highest BCUT2D eigenvalue weighted by Crippen LogP contribution is 2.05. The summed E-state index contributed by atoms with van der Waals surface area (Å²) < 4.78 is 0. The number of carbonyl (C=O) groups excluding carboxylic acids is 2. The molecule has 5 N–H and O–H groups in total. The highest BCUT2D eigenvalue weighted by atomic mass is 16.5. The Bertz CT molecular complexity index is 711. The first-order valence-electron chi connectivity index (χ1n) is 6.33. The van der Waals surface area contributed by atoms with Gasteiger partial charge in [-0.25, -0.2) is 10.9 Å². The van der Waals surface area contributed by atoms with E-state index in [1.807, 2.05) is 0 Å². The lowest BCUT2D eigenvalue weighted by Crippen LogP contribution is -2.19. The topological polar surface area (TPSA) is 117 Å². The molecular weight excluding hydrogens is 284 g/mol. The van der Waals surface area contributed by atoms with Gasteiger partial charge in [-0.2, -0.15) is 5.10 Å². The van der Waals surface area contributed by atoms with Gasteiger partial charge in [-0.3, -0.25) is 14.8 Å². The molecule has 7 heteroatoms. The summed E-state index contributed by atoms with van der Waals surface area (Å²) in [6, 6.07) is 12.8. The Kier molecular flexibility index (Phi) is 4.84. The highest BCUT2D eigenvalue weighted by molar-refractivity contribution is 5.96. The molecule has 2 amide bonds. The number of benzene rings is 2. The fourth-order valence-electron chi connectivity index (χ4n) is 1.69. The van der Waals surface area contributed by atoms with Crippen LogP contribution in [0.3, 0.4) is 0 Å². The summed E-state index contributed by atoms with van der Waals surface area (Å²) in [5.74, 6) is -0.998. The molecule has 0 aliphatic rings. The lowest BCUT2D eigenvalue weighted by Gasteiger charge is -2.01. The van der Waals surface area contributed by atoms with Crippen molar-refractivity contribution >= 4 is 23.7 Å². The zero-order chi connectivity index (χ0) is 15.9. The number of nitrogens with zero attached hydrogens (tertiary/aromatic N) is 1. The summed E-state index contributed by atoms with van der Waals surface area (Å²) in [6.07, 6.45) is 1.39. The van der Waals surface area contributed by atoms with E-state index in [0.717, 1.165) is 0 Å². The van der Waals surface area contributed by atoms with Gasteiger partial charge in [-0.1, -0.05) is 12.1 Å². The third-order valence-electron chi connectivity index (χ3n) is 2.80. The van der Waals surface area contributed by atoms with Crippen LogP contribution in [0.25, 0.3) is 0 Å². The van der Waals surface area contributed by atoms with Gasteiger partial charge in [0.25, 0.3) is 11.8 Å². The number of hydrazone groups is 1. The van der Waals surface area contributed by atoms with E-state index < -0.39 is 5.91 Å². The maximum absolute atomic E-state index is 11.8. The van der Waals surface area contributed by atoms with Gasteiger partial charge in [0.2, 0.25) is 0 Å². The van der Waals surface area contributed by atoms with Crippen molar-refractivity contribution in [3.05, 3.63) is 65.2 Å². The monoisotopic (exact) mass is 298 g/mol. The Labute approximate surface area is 126 Å². The second kappa shape index (κ2) is 7.00. The maximum atomic E-state index is 11.8. The summed E-state index contributed by atoms with van der Waals surface area (Å²) in [4.78, 5) is 23.1. The average Bonchev–Trinajstić information content (AvgIpc) is 2.55. The van der Waals surface area contributed by atoms with Crippen LogP contribution in [0.15, 0.2) is 53.6 Å². The SMILES string of the molecule is Nc1ccc(C(=O)N/N=C/c2cccc(C(=O)NO)c2)cc1. The zero-order valence-electron chi connectivity index (χ0n) is 11.5. The minimum atomic E-state index is -0.624. The Morgan fingerprint density at radius 2 is 1.77 bits per heavy atom. The largest absolute Gasteiger partial charge is 0.399 e. The van der Waals surface area contributed by atoms with E-state index in [4.69, 9.17) is 10.9 Å². The molecule has 2 aromatic rings. The van der Waals surface area contributed by atoms with Crippen LogP contribution < -0.4 is 16.6 Å². The second-order valence-corrected chi connectivity index (χ2v) is 4.39. The number of nitrogens with two attached hydrogens (primary N) is 1. The highest BCUT2D eigenvalue weighted by Gasteiger charge is 2.04. The van der Waals surface area contributed by atoms with Crippen molar-refractivity contribution in [2.75, 3.05) is 5.73 Å². The minimum absolute atomic E-state index is 0.274. The van der Waals surface area contributed by atoms with Crippen molar-refractivity contribution in [3.63, 3.8) is 0 Å². The molecule has 112 valence electrons. The molecule has 2 rings (SSSR count). The number of hydroxylamine groups is 1. The van der Waals surface area contributed by atoms with Crippen LogP contribution in [-0.2, 0) is 0 Å². The first kappa shape index (κ1) is 15.2. The predicted octanol–water partition coefficient (Wildman–Crippen LogP) is 1.15. The predicted molar refractivity (Wildman–Crippen MR) is 81.6 cm³/mol. The van der Waals surface area contributed by atoms with Crippen LogP contribution in [0.4, 0.5) is 5.69 Å². The van der Waals surface area contributed by atoms with Gasteiger partial charge in [0.15, 0.2) is 0 Å². The van der Waals surface area contributed by atoms with Crippen molar-refractivity contribution in [3.8, 4) is 0 Å². The van der Waals surface area contributed by atoms with Crippen molar-refractivity contribution < 1.29 is 14.8 Å². The molecule has 7 nitrogen and oxygen atoms in total. The molecule has 0 aliphatic heterocycles. The van der Waals surface area contributed by atoms with Crippen LogP contribution in [0, 0.1) is 0 Å². The van der Waals surface area contributed by atoms with Crippen LogP contribution in [-0.4, -0.2) is 23.2 Å². The standard InChI is InChI=1S/C15H14N4O3/c16-13-6-4-11(5-7-13)14(20)18-17-9-10-2-1-3-12(8-10)15(21)19-22/h1-9,22H,16H2,(H,18,20)(H,19,21)/b17-9+. The number of anilines is 1. The molecule has 0 spiro atoms. The van der Waals surface area contributed by atoms with E-state index in [-0.39, 0.29) is 11.5 Å². The van der Waals surface area contributed by atoms with Crippen molar-refractivity contribution in [2.45, 2.75) is 0 Å². The lowest BCUT2D eigenvalue weighted by molar-refractivity contribution is 0.0706. The first-order valence-corrected chi connectivity index (χ1v) is 6.33. The number of hydrogen-bond donors (Lipinski definition) is 4. The molecule has 0 saturated heterocycles. The molecule has 0 radical (unpaired) electrons. The summed E-state index contributed by atoms with van der Waals surface area (Å²) in [7, 11) is 0. The maximum Gasteiger partial charge on any atom is 0.274 e. The zero-order valence-corrected chi connectivity index (χ0v) is 11.5. The molecule has 0 unspecified atom stereocenters. The smallest absolute Gasteiger partial charge is 0.274 e. The fraction of sp³-hybridized carbons (Fsp3) is 0. The minimum Gasteiger partial charge on any atom is -0.399 e. The third-order valence-corrected chi connectivity index (χ3v) is 2.80. The fourth-order valence-corrected chi connectivity index (χ4v) is 1.69. The quantitative estimate of drug-likeness (QED) is 0.293. The Hall–Kier alpha value is -3.19. The summed E-state index contributed by atoms with van der Waals surface area (Å²) in [6.45, 7) is 0. The van der Waals surface area contributed by atoms with Gasteiger partial charge >= 0.3 is 0 Å². The van der Waals surface area contributed by atoms with E-state index in [1.165, 1.54) is 18.3 Å². The van der Waals surface area contributed by atoms with Gasteiger partial charge in [-0.15, -0.1) is 0 Å². The van der Waals surface area contributed by atoms with Crippen molar-refractivity contribution in [1.29, 1.82) is 0 Å². The van der Waals surface area contributed by atoms with Gasteiger partial charge in [0, 0.05) is 16.8 Å². The van der Waals surface area contributed by atoms with E-state index in [0.29, 0.717) is 16.8 Å². The number of rotatable bonds is 4. The van der Waals surface area contributed by atoms with Crippen LogP contribution in [0.5, 0.6) is 0 Å². The number of nitrogens with one attached hydrogen (secondary N) is 2. The Balaban J connectivity index is 2.02. The lowest BCUT2D eigenvalue weighted by atomic mass is 10.1. The summed E-state index contributed by atoms with van der Waals surface area (Å²) in [5.41, 5.74) is 11.3. The van der Waals surface area contributed by atoms with Crippen LogP contribution >= 0.6 is 0 Å². The Morgan fingerprint density at radius 1 is 1.05 bits per heavy atom. The average molecular weight is 298 g/mol. The van der Waals surface area contributed by atoms with E-state index in [2.05, 4.69) is 10.5 Å². The molecule has 0 fully saturated rings. The Morgan fingerprint density at radius 3 is 2.45 bits per heavy atom. The third kappa shape index (κ3) is 3.90. The molecule has 0 heterocycles. The first-order chi connectivity index (χ1) is 10.6. The molecule has 0 saturated carbocycles. The van der Waals surface area contributed by atoms with Crippen molar-refractivity contribution in [1.82, 2.24) is 10.9 Å². The molecule has 0 aromatic heterocycles. The van der Waals surface area contributed by atoms with Gasteiger partial charge in [0.05, 0.1) is 6.21 Å². The number of nitrogen functional groups attached to an aromatic ring is 1. The number of hydrogen-bond acceptors (Lipinski definition) is 5. The van der Waals surface area contributed by atoms with Gasteiger partial charge in [-0.05, 0) is 42.0 Å². The number of amides is 2. The van der Waals surface area contributed by atoms with Crippen LogP contribution in [0.1, 0.15) is 26.3 Å². The molecule has 0 atom stereocenters. The molecule has 22 heavy (non-hydrogen) atoms. The summed E-state index contributed by atoms with van der Waals surface area (Å²) in [5, 5.41) is 12.4. The van der Waals surface area contributed by atoms with Crippen molar-refractivity contribution in [2.24, 2.45) is 5.10 Å². The van der Waals surface area contributed by atoms with E-state index in [1.54, 1.807) is 41.9 Å². The van der Waals surface area contributed by atoms with Gasteiger partial charge in [0.1, 0.15) is 0 Å². The summed E-state index contributed by atoms with van der Waals surface area (Å²) >= 11 is 0. The molecule has 0 aliphatic carbocycles. The van der Waals surface area contributed by atoms with E-state index in [9.17, 15) is 9.59 Å².